The molecule has 0 saturated carbocycles. The molecule has 5 rings (SSSR count). The van der Waals surface area contributed by atoms with Gasteiger partial charge in [-0.25, -0.2) is 9.18 Å². The highest BCUT2D eigenvalue weighted by Crippen LogP contribution is 2.36. The van der Waals surface area contributed by atoms with Crippen LogP contribution in [0.25, 0.3) is 0 Å². The molecule has 0 aromatic heterocycles. The Morgan fingerprint density at radius 1 is 1.08 bits per heavy atom. The maximum atomic E-state index is 13.3. The third-order valence-corrected chi connectivity index (χ3v) is 6.42. The van der Waals surface area contributed by atoms with Crippen molar-refractivity contribution >= 4 is 29.5 Å². The molecule has 3 aromatic carbocycles. The molecule has 11 heteroatoms. The van der Waals surface area contributed by atoms with Gasteiger partial charge in [0.25, 0.3) is 5.91 Å². The average Bonchev–Trinajstić information content (AvgIpc) is 3.24. The second-order valence-electron chi connectivity index (χ2n) is 8.98. The molecule has 4 amide bonds. The topological polar surface area (TPSA) is 123 Å². The number of carbonyl (C=O) groups excluding carboxylic acids is 4. The van der Waals surface area contributed by atoms with Crippen LogP contribution in [0.2, 0.25) is 0 Å². The van der Waals surface area contributed by atoms with Crippen molar-refractivity contribution in [1.29, 1.82) is 0 Å². The van der Waals surface area contributed by atoms with E-state index in [1.165, 1.54) is 30.2 Å². The van der Waals surface area contributed by atoms with Gasteiger partial charge in [-0.3, -0.25) is 25.0 Å². The molecular formula is C28H24FN3O7. The fourth-order valence-corrected chi connectivity index (χ4v) is 4.58. The molecule has 0 aliphatic carbocycles. The van der Waals surface area contributed by atoms with Crippen LogP contribution in [-0.2, 0) is 27.5 Å². The summed E-state index contributed by atoms with van der Waals surface area (Å²) in [6.07, 6.45) is -0.321. The standard InChI is InChI=1S/C28H24FN3O7/c1-37-25-17(6-5-16-14-32(27(35)24(16)25)22-11-12-23(33)31-26(22)34)15-38-28(36)30-19-7-9-20(10-8-19)39-21-4-2-3-18(29)13-21/h2-10,13,22H,11-12,14-15H2,1H3,(H,30,36)(H,31,33,34). The number of hydrogen-bond donors (Lipinski definition) is 2. The first-order valence-corrected chi connectivity index (χ1v) is 12.1. The van der Waals surface area contributed by atoms with Crippen molar-refractivity contribution < 1.29 is 37.8 Å². The number of nitrogens with zero attached hydrogens (tertiary/aromatic N) is 1. The number of piperidine rings is 1. The Balaban J connectivity index is 1.21. The van der Waals surface area contributed by atoms with E-state index >= 15 is 0 Å². The van der Waals surface area contributed by atoms with E-state index in [2.05, 4.69) is 10.6 Å². The minimum atomic E-state index is -0.747. The van der Waals surface area contributed by atoms with Crippen LogP contribution in [0.3, 0.4) is 0 Å². The summed E-state index contributed by atoms with van der Waals surface area (Å²) in [4.78, 5) is 50.9. The zero-order valence-electron chi connectivity index (χ0n) is 20.9. The number of methoxy groups -OCH3 is 1. The maximum absolute atomic E-state index is 13.3. The van der Waals surface area contributed by atoms with Crippen LogP contribution in [0, 0.1) is 5.82 Å². The number of fused-ring (bicyclic) bond motifs is 1. The van der Waals surface area contributed by atoms with E-state index in [-0.39, 0.29) is 43.6 Å². The first-order valence-electron chi connectivity index (χ1n) is 12.1. The van der Waals surface area contributed by atoms with Crippen molar-refractivity contribution in [2.45, 2.75) is 32.0 Å². The Hall–Kier alpha value is -4.93. The van der Waals surface area contributed by atoms with Crippen molar-refractivity contribution in [3.8, 4) is 17.2 Å². The van der Waals surface area contributed by atoms with Gasteiger partial charge in [-0.05, 0) is 48.4 Å². The number of imide groups is 1. The zero-order chi connectivity index (χ0) is 27.5. The van der Waals surface area contributed by atoms with E-state index in [0.29, 0.717) is 33.9 Å². The van der Waals surface area contributed by atoms with Gasteiger partial charge in [0.15, 0.2) is 0 Å². The Kier molecular flexibility index (Phi) is 7.13. The van der Waals surface area contributed by atoms with Crippen LogP contribution >= 0.6 is 0 Å². The summed E-state index contributed by atoms with van der Waals surface area (Å²) >= 11 is 0. The molecule has 0 radical (unpaired) electrons. The predicted molar refractivity (Wildman–Crippen MR) is 136 cm³/mol. The van der Waals surface area contributed by atoms with E-state index in [9.17, 15) is 23.6 Å². The molecule has 0 bridgehead atoms. The van der Waals surface area contributed by atoms with Crippen LogP contribution in [0.4, 0.5) is 14.9 Å². The number of amides is 4. The lowest BCUT2D eigenvalue weighted by molar-refractivity contribution is -0.136. The molecule has 200 valence electrons. The fourth-order valence-electron chi connectivity index (χ4n) is 4.58. The number of hydrogen-bond acceptors (Lipinski definition) is 7. The molecule has 2 aliphatic heterocycles. The van der Waals surface area contributed by atoms with E-state index < -0.39 is 23.9 Å². The van der Waals surface area contributed by atoms with Crippen molar-refractivity contribution in [3.63, 3.8) is 0 Å². The minimum absolute atomic E-state index is 0.157. The molecule has 10 nitrogen and oxygen atoms in total. The lowest BCUT2D eigenvalue weighted by Crippen LogP contribution is -2.52. The third-order valence-electron chi connectivity index (χ3n) is 6.42. The summed E-state index contributed by atoms with van der Waals surface area (Å²) in [6.45, 7) is 0.0338. The van der Waals surface area contributed by atoms with Gasteiger partial charge in [0.1, 0.15) is 35.7 Å². The monoisotopic (exact) mass is 533 g/mol. The first kappa shape index (κ1) is 25.7. The van der Waals surface area contributed by atoms with E-state index in [0.717, 1.165) is 0 Å². The lowest BCUT2D eigenvalue weighted by Gasteiger charge is -2.29. The number of rotatable bonds is 7. The Morgan fingerprint density at radius 2 is 1.87 bits per heavy atom. The van der Waals surface area contributed by atoms with Gasteiger partial charge in [-0.2, -0.15) is 0 Å². The SMILES string of the molecule is COc1c(COC(=O)Nc2ccc(Oc3cccc(F)c3)cc2)ccc2c1C(=O)N(C1CCC(=O)NC1=O)C2. The second-order valence-corrected chi connectivity index (χ2v) is 8.98. The second kappa shape index (κ2) is 10.8. The normalized spacial score (nSPS) is 16.4. The number of nitrogens with one attached hydrogen (secondary N) is 2. The van der Waals surface area contributed by atoms with Crippen molar-refractivity contribution in [3.05, 3.63) is 83.2 Å². The molecule has 2 heterocycles. The number of ether oxygens (including phenoxy) is 3. The Bertz CT molecular complexity index is 1460. The highest BCUT2D eigenvalue weighted by Gasteiger charge is 2.41. The summed E-state index contributed by atoms with van der Waals surface area (Å²) in [5.41, 5.74) is 1.90. The highest BCUT2D eigenvalue weighted by atomic mass is 19.1. The largest absolute Gasteiger partial charge is 0.495 e. The molecule has 0 spiro atoms. The van der Waals surface area contributed by atoms with E-state index in [4.69, 9.17) is 14.2 Å². The van der Waals surface area contributed by atoms with Gasteiger partial charge in [-0.15, -0.1) is 0 Å². The van der Waals surface area contributed by atoms with Crippen molar-refractivity contribution in [2.24, 2.45) is 0 Å². The van der Waals surface area contributed by atoms with Gasteiger partial charge in [-0.1, -0.05) is 18.2 Å². The van der Waals surface area contributed by atoms with Crippen LogP contribution in [0.15, 0.2) is 60.7 Å². The molecule has 3 aromatic rings. The highest BCUT2D eigenvalue weighted by molar-refractivity contribution is 6.06. The molecule has 39 heavy (non-hydrogen) atoms. The molecule has 1 unspecified atom stereocenters. The predicted octanol–water partition coefficient (Wildman–Crippen LogP) is 4.14. The minimum Gasteiger partial charge on any atom is -0.495 e. The van der Waals surface area contributed by atoms with E-state index in [1.54, 1.807) is 42.5 Å². The van der Waals surface area contributed by atoms with Gasteiger partial charge in [0.2, 0.25) is 11.8 Å². The summed E-state index contributed by atoms with van der Waals surface area (Å²) in [5.74, 6) is -0.591. The number of anilines is 1. The van der Waals surface area contributed by atoms with Crippen LogP contribution in [-0.4, -0.2) is 41.9 Å². The van der Waals surface area contributed by atoms with Crippen molar-refractivity contribution in [1.82, 2.24) is 10.2 Å². The van der Waals surface area contributed by atoms with E-state index in [1.807, 2.05) is 0 Å². The van der Waals surface area contributed by atoms with Crippen LogP contribution in [0.1, 0.15) is 34.3 Å². The molecule has 1 saturated heterocycles. The van der Waals surface area contributed by atoms with Gasteiger partial charge < -0.3 is 19.1 Å². The summed E-state index contributed by atoms with van der Waals surface area (Å²) in [5, 5.41) is 4.88. The van der Waals surface area contributed by atoms with Gasteiger partial charge in [0.05, 0.1) is 12.7 Å². The number of carbonyl (C=O) groups is 4. The van der Waals surface area contributed by atoms with Gasteiger partial charge in [0, 0.05) is 30.3 Å². The molecular weight excluding hydrogens is 509 g/mol. The molecule has 1 atom stereocenters. The lowest BCUT2D eigenvalue weighted by atomic mass is 10.0. The third kappa shape index (κ3) is 5.52. The Morgan fingerprint density at radius 3 is 2.59 bits per heavy atom. The molecule has 2 aliphatic rings. The number of halogens is 1. The number of benzene rings is 3. The smallest absolute Gasteiger partial charge is 0.411 e. The average molecular weight is 534 g/mol. The van der Waals surface area contributed by atoms with Gasteiger partial charge >= 0.3 is 6.09 Å². The summed E-state index contributed by atoms with van der Waals surface area (Å²) < 4.78 is 29.8. The summed E-state index contributed by atoms with van der Waals surface area (Å²) in [7, 11) is 1.41. The quantitative estimate of drug-likeness (QED) is 0.438. The molecule has 1 fully saturated rings. The Labute approximate surface area is 222 Å². The fraction of sp³-hybridized carbons (Fsp3) is 0.214. The first-order chi connectivity index (χ1) is 18.8. The van der Waals surface area contributed by atoms with Crippen LogP contribution < -0.4 is 20.1 Å². The van der Waals surface area contributed by atoms with Crippen molar-refractivity contribution in [2.75, 3.05) is 12.4 Å². The van der Waals surface area contributed by atoms with Crippen LogP contribution in [0.5, 0.6) is 17.2 Å². The maximum Gasteiger partial charge on any atom is 0.411 e. The summed E-state index contributed by atoms with van der Waals surface area (Å²) in [6, 6.07) is 14.9. The molecule has 2 N–H and O–H groups in total. The zero-order valence-corrected chi connectivity index (χ0v) is 20.9.